The molecule has 2 heteroatoms. The minimum absolute atomic E-state index is 0.676. The Labute approximate surface area is 139 Å². The molecule has 1 aliphatic rings. The summed E-state index contributed by atoms with van der Waals surface area (Å²) in [4.78, 5) is 0. The Morgan fingerprint density at radius 3 is 2.13 bits per heavy atom. The Kier molecular flexibility index (Phi) is 5.02. The molecule has 0 aromatic heterocycles. The summed E-state index contributed by atoms with van der Waals surface area (Å²) in [7, 11) is 0. The lowest BCUT2D eigenvalue weighted by Crippen LogP contribution is -2.11. The summed E-state index contributed by atoms with van der Waals surface area (Å²) in [6.07, 6.45) is 4.29. The first-order valence-corrected chi connectivity index (χ1v) is 8.63. The zero-order valence-electron chi connectivity index (χ0n) is 14.0. The third-order valence-corrected chi connectivity index (χ3v) is 4.98. The van der Waals surface area contributed by atoms with Crippen LogP contribution in [0.25, 0.3) is 0 Å². The van der Waals surface area contributed by atoms with Gasteiger partial charge in [0, 0.05) is 5.56 Å². The van der Waals surface area contributed by atoms with E-state index in [9.17, 15) is 5.11 Å². The molecule has 1 saturated carbocycles. The van der Waals surface area contributed by atoms with Crippen molar-refractivity contribution < 1.29 is 9.84 Å². The predicted molar refractivity (Wildman–Crippen MR) is 93.6 cm³/mol. The molecular weight excluding hydrogens is 284 g/mol. The van der Waals surface area contributed by atoms with Crippen LogP contribution >= 0.6 is 0 Å². The predicted octanol–water partition coefficient (Wildman–Crippen LogP) is 5.36. The number of hydrogen-bond donors (Lipinski definition) is 1. The number of benzene rings is 2. The van der Waals surface area contributed by atoms with Gasteiger partial charge in [0.1, 0.15) is 5.75 Å². The molecule has 0 bridgehead atoms. The van der Waals surface area contributed by atoms with Crippen LogP contribution < -0.4 is 4.74 Å². The summed E-state index contributed by atoms with van der Waals surface area (Å²) < 4.78 is 5.61. The van der Waals surface area contributed by atoms with Crippen LogP contribution in [0.5, 0.6) is 5.75 Å². The summed E-state index contributed by atoms with van der Waals surface area (Å²) in [6.45, 7) is 4.38. The zero-order valence-corrected chi connectivity index (χ0v) is 14.0. The minimum atomic E-state index is -0.918. The van der Waals surface area contributed by atoms with E-state index in [4.69, 9.17) is 4.74 Å². The van der Waals surface area contributed by atoms with Crippen LogP contribution in [0.1, 0.15) is 61.5 Å². The fourth-order valence-corrected chi connectivity index (χ4v) is 3.34. The largest absolute Gasteiger partial charge is 0.461 e. The first-order chi connectivity index (χ1) is 11.1. The molecule has 3 rings (SSSR count). The molecule has 1 N–H and O–H groups in total. The number of aliphatic hydroxyl groups excluding tert-OH is 1. The van der Waals surface area contributed by atoms with E-state index < -0.39 is 6.29 Å². The maximum atomic E-state index is 10.3. The van der Waals surface area contributed by atoms with E-state index in [0.717, 1.165) is 11.5 Å². The second-order valence-electron chi connectivity index (χ2n) is 6.91. The van der Waals surface area contributed by atoms with E-state index >= 15 is 0 Å². The molecule has 0 heterocycles. The molecule has 23 heavy (non-hydrogen) atoms. The maximum Gasteiger partial charge on any atom is 0.224 e. The molecular formula is C21H26O2. The van der Waals surface area contributed by atoms with Crippen molar-refractivity contribution in [2.24, 2.45) is 5.92 Å². The van der Waals surface area contributed by atoms with Crippen molar-refractivity contribution in [3.05, 3.63) is 65.2 Å². The standard InChI is InChI=1S/C21H26O2/c1-15-3-7-17(8-4-15)18-9-11-19(12-10-18)21(22)23-20-13-5-16(2)6-14-20/h5-6,9-15,17,21-22H,3-4,7-8H2,1-2H3. The van der Waals surface area contributed by atoms with Crippen LogP contribution in [0.4, 0.5) is 0 Å². The number of rotatable bonds is 4. The van der Waals surface area contributed by atoms with Crippen molar-refractivity contribution in [1.82, 2.24) is 0 Å². The molecule has 2 aromatic rings. The van der Waals surface area contributed by atoms with Crippen molar-refractivity contribution in [3.8, 4) is 5.75 Å². The van der Waals surface area contributed by atoms with Crippen LogP contribution in [0.15, 0.2) is 48.5 Å². The highest BCUT2D eigenvalue weighted by Crippen LogP contribution is 2.35. The smallest absolute Gasteiger partial charge is 0.224 e. The molecule has 1 fully saturated rings. The van der Waals surface area contributed by atoms with Gasteiger partial charge in [0.15, 0.2) is 0 Å². The van der Waals surface area contributed by atoms with Gasteiger partial charge >= 0.3 is 0 Å². The van der Waals surface area contributed by atoms with Crippen LogP contribution in [-0.4, -0.2) is 5.11 Å². The van der Waals surface area contributed by atoms with E-state index in [-0.39, 0.29) is 0 Å². The normalized spacial score (nSPS) is 22.6. The number of aryl methyl sites for hydroxylation is 1. The topological polar surface area (TPSA) is 29.5 Å². The van der Waals surface area contributed by atoms with Gasteiger partial charge in [-0.05, 0) is 49.3 Å². The Hall–Kier alpha value is -1.80. The number of hydrogen-bond acceptors (Lipinski definition) is 2. The average molecular weight is 310 g/mol. The highest BCUT2D eigenvalue weighted by atomic mass is 16.6. The molecule has 0 aliphatic heterocycles. The second-order valence-corrected chi connectivity index (χ2v) is 6.91. The lowest BCUT2D eigenvalue weighted by atomic mass is 9.79. The van der Waals surface area contributed by atoms with Gasteiger partial charge in [-0.3, -0.25) is 0 Å². The first kappa shape index (κ1) is 16.1. The summed E-state index contributed by atoms with van der Waals surface area (Å²) in [5.74, 6) is 2.24. The van der Waals surface area contributed by atoms with Gasteiger partial charge in [-0.15, -0.1) is 0 Å². The quantitative estimate of drug-likeness (QED) is 0.770. The van der Waals surface area contributed by atoms with Crippen LogP contribution in [0.3, 0.4) is 0 Å². The van der Waals surface area contributed by atoms with Crippen LogP contribution in [0.2, 0.25) is 0 Å². The highest BCUT2D eigenvalue weighted by molar-refractivity contribution is 5.29. The molecule has 2 aromatic carbocycles. The Morgan fingerprint density at radius 2 is 1.52 bits per heavy atom. The fraction of sp³-hybridized carbons (Fsp3) is 0.429. The van der Waals surface area contributed by atoms with Crippen molar-refractivity contribution in [2.45, 2.75) is 51.7 Å². The minimum Gasteiger partial charge on any atom is -0.461 e. The third-order valence-electron chi connectivity index (χ3n) is 4.98. The Morgan fingerprint density at radius 1 is 0.913 bits per heavy atom. The van der Waals surface area contributed by atoms with E-state index in [1.165, 1.54) is 36.8 Å². The van der Waals surface area contributed by atoms with Crippen LogP contribution in [0, 0.1) is 12.8 Å². The molecule has 0 amide bonds. The lowest BCUT2D eigenvalue weighted by molar-refractivity contribution is -0.0194. The molecule has 0 saturated heterocycles. The van der Waals surface area contributed by atoms with Crippen molar-refractivity contribution in [2.75, 3.05) is 0 Å². The zero-order chi connectivity index (χ0) is 16.2. The third kappa shape index (κ3) is 4.14. The Balaban J connectivity index is 1.63. The van der Waals surface area contributed by atoms with E-state index in [1.54, 1.807) is 0 Å². The molecule has 1 unspecified atom stereocenters. The van der Waals surface area contributed by atoms with Crippen molar-refractivity contribution in [3.63, 3.8) is 0 Å². The van der Waals surface area contributed by atoms with Gasteiger partial charge in [-0.1, -0.05) is 61.7 Å². The Bertz CT molecular complexity index is 607. The lowest BCUT2D eigenvalue weighted by Gasteiger charge is -2.26. The highest BCUT2D eigenvalue weighted by Gasteiger charge is 2.20. The fourth-order valence-electron chi connectivity index (χ4n) is 3.34. The molecule has 2 nitrogen and oxygen atoms in total. The van der Waals surface area contributed by atoms with E-state index in [0.29, 0.717) is 11.7 Å². The van der Waals surface area contributed by atoms with Gasteiger partial charge < -0.3 is 9.84 Å². The summed E-state index contributed by atoms with van der Waals surface area (Å²) in [5.41, 5.74) is 3.37. The molecule has 0 spiro atoms. The van der Waals surface area contributed by atoms with Gasteiger partial charge in [-0.25, -0.2) is 0 Å². The molecule has 122 valence electrons. The van der Waals surface area contributed by atoms with E-state index in [2.05, 4.69) is 19.1 Å². The summed E-state index contributed by atoms with van der Waals surface area (Å²) >= 11 is 0. The van der Waals surface area contributed by atoms with Crippen molar-refractivity contribution in [1.29, 1.82) is 0 Å². The first-order valence-electron chi connectivity index (χ1n) is 8.63. The summed E-state index contributed by atoms with van der Waals surface area (Å²) in [6, 6.07) is 16.0. The monoisotopic (exact) mass is 310 g/mol. The molecule has 1 atom stereocenters. The molecule has 0 radical (unpaired) electrons. The van der Waals surface area contributed by atoms with Crippen molar-refractivity contribution >= 4 is 0 Å². The van der Waals surface area contributed by atoms with Gasteiger partial charge in [0.25, 0.3) is 0 Å². The van der Waals surface area contributed by atoms with Gasteiger partial charge in [0.05, 0.1) is 0 Å². The van der Waals surface area contributed by atoms with Gasteiger partial charge in [-0.2, -0.15) is 0 Å². The SMILES string of the molecule is Cc1ccc(OC(O)c2ccc(C3CCC(C)CC3)cc2)cc1. The molecule has 1 aliphatic carbocycles. The van der Waals surface area contributed by atoms with E-state index in [1.807, 2.05) is 43.3 Å². The second kappa shape index (κ2) is 7.18. The van der Waals surface area contributed by atoms with Crippen LogP contribution in [-0.2, 0) is 0 Å². The maximum absolute atomic E-state index is 10.3. The number of ether oxygens (including phenoxy) is 1. The average Bonchev–Trinajstić information content (AvgIpc) is 2.58. The number of aliphatic hydroxyl groups is 1. The van der Waals surface area contributed by atoms with Gasteiger partial charge in [0.2, 0.25) is 6.29 Å². The summed E-state index contributed by atoms with van der Waals surface area (Å²) in [5, 5.41) is 10.3.